The molecule has 4 saturated carbocycles. The van der Waals surface area contributed by atoms with E-state index in [9.17, 15) is 14.7 Å². The molecule has 9 heteroatoms. The Kier molecular flexibility index (Phi) is 10.6. The number of carbonyl (C=O) groups excluding carboxylic acids is 2. The van der Waals surface area contributed by atoms with E-state index in [4.69, 9.17) is 9.47 Å². The lowest BCUT2D eigenvalue weighted by Crippen LogP contribution is -3.00. The van der Waals surface area contributed by atoms with Crippen molar-refractivity contribution in [1.29, 1.82) is 0 Å². The number of nitrogens with zero attached hydrogens (tertiary/aromatic N) is 3. The smallest absolute Gasteiger partial charge is 0.302 e. The minimum absolute atomic E-state index is 0. The molecule has 3 unspecified atom stereocenters. The molecule has 2 heterocycles. The fraction of sp³-hybridized carbons (Fsp3) is 0.889. The van der Waals surface area contributed by atoms with Gasteiger partial charge < -0.3 is 36.0 Å². The predicted octanol–water partition coefficient (Wildman–Crippen LogP) is 1.26. The first-order chi connectivity index (χ1) is 20.9. The van der Waals surface area contributed by atoms with Crippen LogP contribution in [0.3, 0.4) is 0 Å². The van der Waals surface area contributed by atoms with Crippen LogP contribution >= 0.6 is 0 Å². The maximum Gasteiger partial charge on any atom is 0.302 e. The van der Waals surface area contributed by atoms with E-state index in [0.29, 0.717) is 29.7 Å². The van der Waals surface area contributed by atoms with Crippen LogP contribution in [0.15, 0.2) is 12.7 Å². The monoisotopic (exact) mass is 693 g/mol. The lowest BCUT2D eigenvalue weighted by molar-refractivity contribution is -0.908. The van der Waals surface area contributed by atoms with Crippen LogP contribution in [0.4, 0.5) is 0 Å². The molecule has 0 aromatic rings. The van der Waals surface area contributed by atoms with Crippen molar-refractivity contribution in [3.63, 3.8) is 0 Å². The summed E-state index contributed by atoms with van der Waals surface area (Å²) in [5, 5.41) is 10.2. The number of rotatable bonds is 6. The van der Waals surface area contributed by atoms with E-state index in [-0.39, 0.29) is 64.1 Å². The average molecular weight is 695 g/mol. The van der Waals surface area contributed by atoms with Crippen molar-refractivity contribution >= 4 is 11.9 Å². The van der Waals surface area contributed by atoms with Crippen molar-refractivity contribution in [2.75, 3.05) is 52.9 Å². The van der Waals surface area contributed by atoms with Gasteiger partial charge in [-0.15, -0.1) is 0 Å². The van der Waals surface area contributed by atoms with E-state index in [1.807, 2.05) is 0 Å². The fourth-order valence-corrected chi connectivity index (χ4v) is 11.7. The molecule has 0 amide bonds. The number of piperidine rings is 1. The van der Waals surface area contributed by atoms with Crippen molar-refractivity contribution in [3.8, 4) is 0 Å². The summed E-state index contributed by atoms with van der Waals surface area (Å²) in [6.45, 7) is 19.3. The number of esters is 2. The lowest BCUT2D eigenvalue weighted by atomic mass is 9.44. The molecule has 10 atom stereocenters. The van der Waals surface area contributed by atoms with Crippen LogP contribution in [0, 0.1) is 34.5 Å². The van der Waals surface area contributed by atoms with E-state index in [1.165, 1.54) is 19.3 Å². The number of hydrogen-bond donors (Lipinski definition) is 1. The normalized spacial score (nSPS) is 43.6. The summed E-state index contributed by atoms with van der Waals surface area (Å²) in [4.78, 5) is 30.0. The van der Waals surface area contributed by atoms with Crippen molar-refractivity contribution < 1.29 is 45.6 Å². The molecular formula is C36H60BrN3O5. The Morgan fingerprint density at radius 1 is 0.889 bits per heavy atom. The summed E-state index contributed by atoms with van der Waals surface area (Å²) in [5.41, 5.74) is 0.209. The number of hydrogen-bond acceptors (Lipinski definition) is 7. The first-order valence-electron chi connectivity index (χ1n) is 17.8. The van der Waals surface area contributed by atoms with Crippen molar-refractivity contribution in [3.05, 3.63) is 12.7 Å². The first kappa shape index (κ1) is 35.3. The third-order valence-corrected chi connectivity index (χ3v) is 14.1. The van der Waals surface area contributed by atoms with Crippen LogP contribution in [0.5, 0.6) is 0 Å². The molecular weight excluding hydrogens is 634 g/mol. The highest BCUT2D eigenvalue weighted by atomic mass is 79.9. The highest BCUT2D eigenvalue weighted by molar-refractivity contribution is 5.66. The van der Waals surface area contributed by atoms with E-state index >= 15 is 0 Å². The molecule has 0 bridgehead atoms. The maximum atomic E-state index is 12.6. The number of aliphatic hydroxyl groups is 1. The molecule has 0 spiro atoms. The average Bonchev–Trinajstić information content (AvgIpc) is 3.25. The molecule has 6 rings (SSSR count). The summed E-state index contributed by atoms with van der Waals surface area (Å²) in [6, 6.07) is 0.518. The van der Waals surface area contributed by atoms with Gasteiger partial charge in [-0.2, -0.15) is 0 Å². The third kappa shape index (κ3) is 6.56. The molecule has 1 N–H and O–H groups in total. The Morgan fingerprint density at radius 2 is 1.53 bits per heavy atom. The zero-order chi connectivity index (χ0) is 31.4. The second kappa shape index (κ2) is 13.5. The number of aliphatic hydroxyl groups excluding tert-OH is 1. The minimum Gasteiger partial charge on any atom is -1.00 e. The number of likely N-dealkylation sites (tertiary alicyclic amines) is 1. The Bertz CT molecular complexity index is 1090. The maximum absolute atomic E-state index is 12.6. The van der Waals surface area contributed by atoms with Crippen LogP contribution in [0.2, 0.25) is 0 Å². The summed E-state index contributed by atoms with van der Waals surface area (Å²) in [7, 11) is 2.34. The van der Waals surface area contributed by atoms with Crippen LogP contribution < -0.4 is 17.0 Å². The minimum atomic E-state index is -0.213. The number of piperazine rings is 1. The van der Waals surface area contributed by atoms with Gasteiger partial charge >= 0.3 is 11.9 Å². The van der Waals surface area contributed by atoms with Crippen LogP contribution in [-0.2, 0) is 19.1 Å². The summed E-state index contributed by atoms with van der Waals surface area (Å²) in [5.74, 6) is 2.09. The third-order valence-electron chi connectivity index (χ3n) is 14.1. The standard InChI is InChI=1S/C36H60N3O5.BrH/c1-7-18-39(6)19-16-38(17-20-39)31-22-30-28-9-8-26-21-33(43-24(2)40)32(37-14-11-27(42)12-15-37)23-36(26,5)29(28)10-13-35(30,4)34(31)44-25(3)41;/h7,26-34,42H,1,8-23H2,2-6H3;1H/q+1;/p-1/t26-,28?,29?,30?,31-,32-,33-,34-,35-,36-;/m0./s1. The molecule has 6 fully saturated rings. The Labute approximate surface area is 282 Å². The van der Waals surface area contributed by atoms with Gasteiger partial charge in [0.15, 0.2) is 0 Å². The molecule has 256 valence electrons. The predicted molar refractivity (Wildman–Crippen MR) is 171 cm³/mol. The van der Waals surface area contributed by atoms with Gasteiger partial charge in [-0.1, -0.05) is 20.4 Å². The van der Waals surface area contributed by atoms with Crippen molar-refractivity contribution in [2.24, 2.45) is 34.5 Å². The van der Waals surface area contributed by atoms with Crippen molar-refractivity contribution in [2.45, 2.75) is 116 Å². The molecule has 45 heavy (non-hydrogen) atoms. The van der Waals surface area contributed by atoms with Gasteiger partial charge in [0.1, 0.15) is 12.2 Å². The van der Waals surface area contributed by atoms with Crippen LogP contribution in [0.25, 0.3) is 0 Å². The molecule has 0 aromatic carbocycles. The number of carbonyl (C=O) groups is 2. The second-order valence-electron chi connectivity index (χ2n) is 16.5. The molecule has 0 radical (unpaired) electrons. The van der Waals surface area contributed by atoms with Gasteiger partial charge in [0.2, 0.25) is 0 Å². The zero-order valence-corrected chi connectivity index (χ0v) is 30.2. The Balaban J connectivity index is 0.00000400. The molecule has 6 aliphatic rings. The molecule has 4 aliphatic carbocycles. The largest absolute Gasteiger partial charge is 1.00 e. The number of likely N-dealkylation sites (N-methyl/N-ethyl adjacent to an activating group) is 1. The topological polar surface area (TPSA) is 79.3 Å². The molecule has 0 aromatic heterocycles. The van der Waals surface area contributed by atoms with Crippen molar-refractivity contribution in [1.82, 2.24) is 9.80 Å². The summed E-state index contributed by atoms with van der Waals surface area (Å²) < 4.78 is 13.4. The summed E-state index contributed by atoms with van der Waals surface area (Å²) >= 11 is 0. The molecule has 2 aliphatic heterocycles. The van der Waals surface area contributed by atoms with E-state index in [2.05, 4.69) is 43.3 Å². The molecule has 2 saturated heterocycles. The molecule has 8 nitrogen and oxygen atoms in total. The number of halogens is 1. The Hall–Kier alpha value is -1.00. The SMILES string of the molecule is C=CC[N+]1(C)CCN([C@H]2CC3C4CC[C@H]5C[C@H](OC(C)=O)[C@@H](N6CCC(O)CC6)C[C@]5(C)C4CC[C@]3(C)[C@H]2OC(C)=O)CC1.[Br-]. The first-order valence-corrected chi connectivity index (χ1v) is 17.8. The number of ether oxygens (including phenoxy) is 2. The quantitative estimate of drug-likeness (QED) is 0.255. The lowest BCUT2D eigenvalue weighted by Gasteiger charge is -2.62. The van der Waals surface area contributed by atoms with Gasteiger partial charge in [-0.05, 0) is 93.0 Å². The number of quaternary nitrogens is 1. The van der Waals surface area contributed by atoms with Gasteiger partial charge in [-0.3, -0.25) is 19.4 Å². The highest BCUT2D eigenvalue weighted by Crippen LogP contribution is 2.67. The van der Waals surface area contributed by atoms with Gasteiger partial charge in [-0.25, -0.2) is 0 Å². The van der Waals surface area contributed by atoms with E-state index < -0.39 is 0 Å². The van der Waals surface area contributed by atoms with Crippen LogP contribution in [-0.4, -0.2) is 115 Å². The zero-order valence-electron chi connectivity index (χ0n) is 28.6. The van der Waals surface area contributed by atoms with Gasteiger partial charge in [0, 0.05) is 57.5 Å². The fourth-order valence-electron chi connectivity index (χ4n) is 11.7. The summed E-state index contributed by atoms with van der Waals surface area (Å²) in [6.07, 6.45) is 11.2. The van der Waals surface area contributed by atoms with Gasteiger partial charge in [0.05, 0.1) is 32.8 Å². The van der Waals surface area contributed by atoms with E-state index in [1.54, 1.807) is 13.8 Å². The Morgan fingerprint density at radius 3 is 2.16 bits per heavy atom. The van der Waals surface area contributed by atoms with Gasteiger partial charge in [0.25, 0.3) is 0 Å². The van der Waals surface area contributed by atoms with Crippen LogP contribution in [0.1, 0.15) is 85.5 Å². The second-order valence-corrected chi connectivity index (χ2v) is 16.5. The highest BCUT2D eigenvalue weighted by Gasteiger charge is 2.65. The number of fused-ring (bicyclic) bond motifs is 5. The van der Waals surface area contributed by atoms with E-state index in [0.717, 1.165) is 88.8 Å².